The van der Waals surface area contributed by atoms with E-state index in [1.165, 1.54) is 18.2 Å². The summed E-state index contributed by atoms with van der Waals surface area (Å²) in [5.74, 6) is -1.18. The van der Waals surface area contributed by atoms with Gasteiger partial charge < -0.3 is 10.3 Å². The maximum Gasteiger partial charge on any atom is 0.328 e. The van der Waals surface area contributed by atoms with Crippen LogP contribution in [0.25, 0.3) is 0 Å². The molecule has 0 saturated carbocycles. The molecule has 138 valence electrons. The fourth-order valence-corrected chi connectivity index (χ4v) is 2.72. The number of amides is 1. The van der Waals surface area contributed by atoms with Gasteiger partial charge in [0, 0.05) is 23.3 Å². The van der Waals surface area contributed by atoms with Crippen molar-refractivity contribution in [2.45, 2.75) is 13.1 Å². The van der Waals surface area contributed by atoms with E-state index in [4.69, 9.17) is 11.6 Å². The Labute approximate surface area is 158 Å². The van der Waals surface area contributed by atoms with E-state index in [-0.39, 0.29) is 24.2 Å². The minimum absolute atomic E-state index is 0.0811. The van der Waals surface area contributed by atoms with Crippen LogP contribution in [0.5, 0.6) is 0 Å². The molecule has 0 radical (unpaired) electrons. The number of rotatable bonds is 5. The molecule has 0 fully saturated rings. The Kier molecular flexibility index (Phi) is 5.52. The van der Waals surface area contributed by atoms with Crippen molar-refractivity contribution in [1.29, 1.82) is 0 Å². The van der Waals surface area contributed by atoms with E-state index in [9.17, 15) is 18.8 Å². The van der Waals surface area contributed by atoms with Gasteiger partial charge in [0.1, 0.15) is 11.4 Å². The Morgan fingerprint density at radius 1 is 1.07 bits per heavy atom. The molecule has 0 saturated heterocycles. The molecule has 3 aromatic rings. The summed E-state index contributed by atoms with van der Waals surface area (Å²) in [6.45, 7) is -0.170. The van der Waals surface area contributed by atoms with Gasteiger partial charge >= 0.3 is 5.69 Å². The van der Waals surface area contributed by atoms with Crippen molar-refractivity contribution in [3.05, 3.63) is 103 Å². The van der Waals surface area contributed by atoms with Gasteiger partial charge in [0.15, 0.2) is 0 Å². The molecule has 8 heteroatoms. The molecule has 0 bridgehead atoms. The first-order valence-electron chi connectivity index (χ1n) is 8.05. The summed E-state index contributed by atoms with van der Waals surface area (Å²) in [6.07, 6.45) is 1.05. The summed E-state index contributed by atoms with van der Waals surface area (Å²) in [6, 6.07) is 12.8. The lowest BCUT2D eigenvalue weighted by Gasteiger charge is -2.09. The monoisotopic (exact) mass is 387 g/mol. The predicted octanol–water partition coefficient (Wildman–Crippen LogP) is 2.31. The number of H-pyrrole nitrogens is 1. The molecule has 0 aliphatic rings. The Bertz CT molecular complexity index is 1110. The zero-order chi connectivity index (χ0) is 19.4. The highest BCUT2D eigenvalue weighted by Gasteiger charge is 2.16. The first-order valence-corrected chi connectivity index (χ1v) is 8.42. The van der Waals surface area contributed by atoms with Gasteiger partial charge in [-0.1, -0.05) is 48.0 Å². The summed E-state index contributed by atoms with van der Waals surface area (Å²) in [4.78, 5) is 39.3. The van der Waals surface area contributed by atoms with Crippen LogP contribution in [0.2, 0.25) is 5.02 Å². The summed E-state index contributed by atoms with van der Waals surface area (Å²) in [7, 11) is 0. The van der Waals surface area contributed by atoms with Crippen LogP contribution >= 0.6 is 11.6 Å². The van der Waals surface area contributed by atoms with Crippen LogP contribution in [0, 0.1) is 5.82 Å². The molecule has 3 rings (SSSR count). The molecule has 1 amide bonds. The van der Waals surface area contributed by atoms with Crippen molar-refractivity contribution >= 4 is 17.5 Å². The van der Waals surface area contributed by atoms with Gasteiger partial charge in [-0.3, -0.25) is 14.2 Å². The lowest BCUT2D eigenvalue weighted by Crippen LogP contribution is -2.40. The van der Waals surface area contributed by atoms with Crippen molar-refractivity contribution < 1.29 is 9.18 Å². The first-order chi connectivity index (χ1) is 13.0. The molecule has 2 aromatic carbocycles. The topological polar surface area (TPSA) is 84.0 Å². The van der Waals surface area contributed by atoms with Gasteiger partial charge in [-0.25, -0.2) is 9.18 Å². The van der Waals surface area contributed by atoms with Gasteiger partial charge in [0.05, 0.1) is 6.54 Å². The molecule has 0 atom stereocenters. The standard InChI is InChI=1S/C19H15ClFN3O3/c20-15-7-3-1-6-13(15)11-24-18(26)14(10-23-19(24)27)17(25)22-9-12-5-2-4-8-16(12)21/h1-8,10H,9,11H2,(H,22,25)(H,23,27). The third-order valence-electron chi connectivity index (χ3n) is 3.99. The maximum absolute atomic E-state index is 13.6. The number of halogens is 2. The fraction of sp³-hybridized carbons (Fsp3) is 0.105. The number of nitrogens with one attached hydrogen (secondary N) is 2. The lowest BCUT2D eigenvalue weighted by molar-refractivity contribution is 0.0948. The average molecular weight is 388 g/mol. The quantitative estimate of drug-likeness (QED) is 0.704. The Morgan fingerprint density at radius 3 is 2.44 bits per heavy atom. The second-order valence-electron chi connectivity index (χ2n) is 5.76. The smallest absolute Gasteiger partial charge is 0.328 e. The van der Waals surface area contributed by atoms with Gasteiger partial charge in [-0.05, 0) is 17.7 Å². The number of benzene rings is 2. The van der Waals surface area contributed by atoms with E-state index in [2.05, 4.69) is 10.3 Å². The first kappa shape index (κ1) is 18.6. The van der Waals surface area contributed by atoms with Crippen molar-refractivity contribution in [1.82, 2.24) is 14.9 Å². The van der Waals surface area contributed by atoms with Gasteiger partial charge in [0.2, 0.25) is 0 Å². The van der Waals surface area contributed by atoms with E-state index >= 15 is 0 Å². The highest BCUT2D eigenvalue weighted by molar-refractivity contribution is 6.31. The normalized spacial score (nSPS) is 10.6. The third-order valence-corrected chi connectivity index (χ3v) is 4.36. The molecule has 27 heavy (non-hydrogen) atoms. The van der Waals surface area contributed by atoms with Crippen LogP contribution in [0.4, 0.5) is 4.39 Å². The summed E-state index contributed by atoms with van der Waals surface area (Å²) in [5.41, 5.74) is -0.824. The molecule has 0 spiro atoms. The largest absolute Gasteiger partial charge is 0.348 e. The molecule has 1 aromatic heterocycles. The molecule has 0 unspecified atom stereocenters. The predicted molar refractivity (Wildman–Crippen MR) is 99.4 cm³/mol. The highest BCUT2D eigenvalue weighted by Crippen LogP contribution is 2.15. The molecule has 2 N–H and O–H groups in total. The minimum Gasteiger partial charge on any atom is -0.348 e. The second-order valence-corrected chi connectivity index (χ2v) is 6.17. The zero-order valence-electron chi connectivity index (χ0n) is 14.0. The Balaban J connectivity index is 1.85. The SMILES string of the molecule is O=C(NCc1ccccc1F)c1c[nH]c(=O)n(Cc2ccccc2Cl)c1=O. The molecular weight excluding hydrogens is 373 g/mol. The Hall–Kier alpha value is -3.19. The fourth-order valence-electron chi connectivity index (χ4n) is 2.53. The van der Waals surface area contributed by atoms with Crippen LogP contribution in [0.3, 0.4) is 0 Å². The van der Waals surface area contributed by atoms with E-state index in [0.29, 0.717) is 10.6 Å². The van der Waals surface area contributed by atoms with Gasteiger partial charge in [-0.2, -0.15) is 0 Å². The number of nitrogens with zero attached hydrogens (tertiary/aromatic N) is 1. The van der Waals surface area contributed by atoms with Crippen LogP contribution in [-0.2, 0) is 13.1 Å². The summed E-state index contributed by atoms with van der Waals surface area (Å²) >= 11 is 6.07. The molecule has 6 nitrogen and oxygen atoms in total. The number of carbonyl (C=O) groups is 1. The molecule has 0 aliphatic heterocycles. The van der Waals surface area contributed by atoms with Crippen LogP contribution in [0.1, 0.15) is 21.5 Å². The lowest BCUT2D eigenvalue weighted by atomic mass is 10.2. The van der Waals surface area contributed by atoms with Crippen molar-refractivity contribution in [3.63, 3.8) is 0 Å². The summed E-state index contributed by atoms with van der Waals surface area (Å²) in [5, 5.41) is 2.88. The van der Waals surface area contributed by atoms with E-state index < -0.39 is 23.0 Å². The molecule has 1 heterocycles. The van der Waals surface area contributed by atoms with E-state index in [0.717, 1.165) is 10.8 Å². The minimum atomic E-state index is -0.760. The summed E-state index contributed by atoms with van der Waals surface area (Å²) < 4.78 is 14.5. The Morgan fingerprint density at radius 2 is 1.74 bits per heavy atom. The highest BCUT2D eigenvalue weighted by atomic mass is 35.5. The van der Waals surface area contributed by atoms with Crippen LogP contribution < -0.4 is 16.6 Å². The van der Waals surface area contributed by atoms with Crippen LogP contribution in [0.15, 0.2) is 64.3 Å². The molecular formula is C19H15ClFN3O3. The number of carbonyl (C=O) groups excluding carboxylic acids is 1. The maximum atomic E-state index is 13.6. The van der Waals surface area contributed by atoms with Crippen molar-refractivity contribution in [2.24, 2.45) is 0 Å². The number of hydrogen-bond acceptors (Lipinski definition) is 3. The second kappa shape index (κ2) is 8.01. The van der Waals surface area contributed by atoms with Crippen LogP contribution in [-0.4, -0.2) is 15.5 Å². The van der Waals surface area contributed by atoms with E-state index in [1.807, 2.05) is 0 Å². The molecule has 0 aliphatic carbocycles. The van der Waals surface area contributed by atoms with Gasteiger partial charge in [-0.15, -0.1) is 0 Å². The van der Waals surface area contributed by atoms with Gasteiger partial charge in [0.25, 0.3) is 11.5 Å². The zero-order valence-corrected chi connectivity index (χ0v) is 14.8. The number of aromatic amines is 1. The third kappa shape index (κ3) is 4.15. The van der Waals surface area contributed by atoms with Crippen molar-refractivity contribution in [3.8, 4) is 0 Å². The average Bonchev–Trinajstić information content (AvgIpc) is 2.65. The number of aromatic nitrogens is 2. The number of hydrogen-bond donors (Lipinski definition) is 2. The van der Waals surface area contributed by atoms with E-state index in [1.54, 1.807) is 30.3 Å². The van der Waals surface area contributed by atoms with Crippen molar-refractivity contribution in [2.75, 3.05) is 0 Å².